The van der Waals surface area contributed by atoms with Gasteiger partial charge in [-0.1, -0.05) is 6.92 Å². The standard InChI is InChI=1S/C21H34O3/c1-12-16-5-6-18-15-4-3-13-11-14(22)7-9-20(13,2)17(15)8-10-21(16,18)19(23)24-12/h12-19,22-23H,3-11H2,1-2H3/t12-,13+,14-,15-,16-,17+,18+,19?,20+,21+/m1/s1. The summed E-state index contributed by atoms with van der Waals surface area (Å²) in [6.07, 6.45) is 10.5. The van der Waals surface area contributed by atoms with Crippen molar-refractivity contribution in [1.82, 2.24) is 0 Å². The van der Waals surface area contributed by atoms with Gasteiger partial charge in [-0.05, 0) is 99.7 Å². The molecule has 5 rings (SSSR count). The van der Waals surface area contributed by atoms with Crippen LogP contribution in [0.4, 0.5) is 0 Å². The fraction of sp³-hybridized carbons (Fsp3) is 1.00. The van der Waals surface area contributed by atoms with Crippen LogP contribution in [0.15, 0.2) is 0 Å². The third-order valence-electron chi connectivity index (χ3n) is 9.66. The van der Waals surface area contributed by atoms with Crippen molar-refractivity contribution in [2.24, 2.45) is 40.4 Å². The number of hydrogen-bond acceptors (Lipinski definition) is 3. The lowest BCUT2D eigenvalue weighted by molar-refractivity contribution is -0.192. The van der Waals surface area contributed by atoms with Crippen LogP contribution in [0.5, 0.6) is 0 Å². The molecule has 0 aromatic carbocycles. The van der Waals surface area contributed by atoms with Crippen molar-refractivity contribution >= 4 is 0 Å². The molecule has 1 heterocycles. The van der Waals surface area contributed by atoms with E-state index in [0.717, 1.165) is 30.6 Å². The van der Waals surface area contributed by atoms with E-state index in [2.05, 4.69) is 13.8 Å². The highest BCUT2D eigenvalue weighted by atomic mass is 16.6. The van der Waals surface area contributed by atoms with E-state index in [9.17, 15) is 10.2 Å². The Morgan fingerprint density at radius 3 is 2.50 bits per heavy atom. The average Bonchev–Trinajstić information content (AvgIpc) is 3.05. The largest absolute Gasteiger partial charge is 0.393 e. The molecule has 10 atom stereocenters. The van der Waals surface area contributed by atoms with E-state index >= 15 is 0 Å². The summed E-state index contributed by atoms with van der Waals surface area (Å²) in [7, 11) is 0. The van der Waals surface area contributed by atoms with E-state index in [1.165, 1.54) is 44.9 Å². The molecule has 0 aromatic rings. The Hall–Kier alpha value is -0.120. The maximum Gasteiger partial charge on any atom is 0.161 e. The lowest BCUT2D eigenvalue weighted by atomic mass is 9.44. The van der Waals surface area contributed by atoms with Crippen LogP contribution >= 0.6 is 0 Å². The van der Waals surface area contributed by atoms with Gasteiger partial charge in [-0.25, -0.2) is 0 Å². The summed E-state index contributed by atoms with van der Waals surface area (Å²) in [4.78, 5) is 0. The monoisotopic (exact) mass is 334 g/mol. The van der Waals surface area contributed by atoms with Gasteiger partial charge in [0.1, 0.15) is 0 Å². The topological polar surface area (TPSA) is 49.7 Å². The molecular weight excluding hydrogens is 300 g/mol. The zero-order valence-electron chi connectivity index (χ0n) is 15.3. The fourth-order valence-electron chi connectivity index (χ4n) is 8.59. The van der Waals surface area contributed by atoms with Gasteiger partial charge < -0.3 is 14.9 Å². The van der Waals surface area contributed by atoms with E-state index in [1.54, 1.807) is 0 Å². The van der Waals surface area contributed by atoms with Crippen LogP contribution in [0, 0.1) is 40.4 Å². The highest BCUT2D eigenvalue weighted by Crippen LogP contribution is 2.70. The quantitative estimate of drug-likeness (QED) is 0.710. The Labute approximate surface area is 146 Å². The number of rotatable bonds is 0. The molecule has 136 valence electrons. The molecular formula is C21H34O3. The lowest BCUT2D eigenvalue weighted by Gasteiger charge is -2.61. The van der Waals surface area contributed by atoms with Crippen molar-refractivity contribution in [1.29, 1.82) is 0 Å². The summed E-state index contributed by atoms with van der Waals surface area (Å²) in [5.74, 6) is 3.56. The molecule has 0 radical (unpaired) electrons. The van der Waals surface area contributed by atoms with Crippen LogP contribution in [-0.4, -0.2) is 28.7 Å². The van der Waals surface area contributed by atoms with Gasteiger partial charge in [0.15, 0.2) is 6.29 Å². The van der Waals surface area contributed by atoms with Gasteiger partial charge in [0.25, 0.3) is 0 Å². The van der Waals surface area contributed by atoms with Crippen molar-refractivity contribution in [2.75, 3.05) is 0 Å². The van der Waals surface area contributed by atoms with Crippen molar-refractivity contribution < 1.29 is 14.9 Å². The maximum absolute atomic E-state index is 10.8. The SMILES string of the molecule is C[C@H]1OC(O)[C@]23CC[C@H]4[C@@H](CC[C@H]5C[C@H](O)CC[C@@]54C)[C@@H]2CC[C@H]13. The first kappa shape index (κ1) is 16.1. The van der Waals surface area contributed by atoms with Crippen LogP contribution in [0.2, 0.25) is 0 Å². The van der Waals surface area contributed by atoms with Gasteiger partial charge in [0, 0.05) is 5.41 Å². The first-order chi connectivity index (χ1) is 11.5. The smallest absolute Gasteiger partial charge is 0.161 e. The minimum Gasteiger partial charge on any atom is -0.393 e. The van der Waals surface area contributed by atoms with Crippen LogP contribution < -0.4 is 0 Å². The van der Waals surface area contributed by atoms with Crippen LogP contribution in [0.3, 0.4) is 0 Å². The van der Waals surface area contributed by atoms with Gasteiger partial charge >= 0.3 is 0 Å². The number of fused-ring (bicyclic) bond motifs is 4. The predicted octanol–water partition coefficient (Wildman–Crippen LogP) is 3.72. The van der Waals surface area contributed by atoms with E-state index in [1.807, 2.05) is 0 Å². The molecule has 2 N–H and O–H groups in total. The van der Waals surface area contributed by atoms with Gasteiger partial charge in [-0.3, -0.25) is 0 Å². The summed E-state index contributed by atoms with van der Waals surface area (Å²) in [6, 6.07) is 0. The van der Waals surface area contributed by atoms with Gasteiger partial charge in [-0.15, -0.1) is 0 Å². The van der Waals surface area contributed by atoms with Crippen LogP contribution in [0.1, 0.15) is 71.6 Å². The van der Waals surface area contributed by atoms with Crippen molar-refractivity contribution in [3.8, 4) is 0 Å². The van der Waals surface area contributed by atoms with Crippen LogP contribution in [-0.2, 0) is 4.74 Å². The Morgan fingerprint density at radius 1 is 0.875 bits per heavy atom. The van der Waals surface area contributed by atoms with Crippen molar-refractivity contribution in [3.05, 3.63) is 0 Å². The molecule has 1 unspecified atom stereocenters. The molecule has 3 nitrogen and oxygen atoms in total. The number of aliphatic hydroxyl groups excluding tert-OH is 2. The van der Waals surface area contributed by atoms with E-state index < -0.39 is 6.29 Å². The lowest BCUT2D eigenvalue weighted by Crippen LogP contribution is -2.56. The minimum absolute atomic E-state index is 0.0590. The van der Waals surface area contributed by atoms with Gasteiger partial charge in [0.2, 0.25) is 0 Å². The summed E-state index contributed by atoms with van der Waals surface area (Å²) in [6.45, 7) is 4.72. The zero-order valence-corrected chi connectivity index (χ0v) is 15.3. The molecule has 5 aliphatic rings. The first-order valence-corrected chi connectivity index (χ1v) is 10.5. The number of ether oxygens (including phenoxy) is 1. The molecule has 0 amide bonds. The average molecular weight is 335 g/mol. The van der Waals surface area contributed by atoms with E-state index in [4.69, 9.17) is 4.74 Å². The van der Waals surface area contributed by atoms with Gasteiger partial charge in [0.05, 0.1) is 12.2 Å². The second-order valence-corrected chi connectivity index (χ2v) is 10.1. The molecule has 1 aliphatic heterocycles. The normalized spacial score (nSPS) is 62.5. The van der Waals surface area contributed by atoms with Gasteiger partial charge in [-0.2, -0.15) is 0 Å². The Morgan fingerprint density at radius 2 is 1.67 bits per heavy atom. The number of hydrogen-bond donors (Lipinski definition) is 2. The summed E-state index contributed by atoms with van der Waals surface area (Å²) < 4.78 is 5.94. The molecule has 0 bridgehead atoms. The summed E-state index contributed by atoms with van der Waals surface area (Å²) in [5.41, 5.74) is 0.496. The minimum atomic E-state index is -0.523. The van der Waals surface area contributed by atoms with E-state index in [-0.39, 0.29) is 17.6 Å². The molecule has 3 heteroatoms. The van der Waals surface area contributed by atoms with E-state index in [0.29, 0.717) is 17.3 Å². The molecule has 5 fully saturated rings. The molecule has 4 saturated carbocycles. The molecule has 0 aromatic heterocycles. The summed E-state index contributed by atoms with van der Waals surface area (Å²) >= 11 is 0. The Bertz CT molecular complexity index is 521. The molecule has 1 spiro atoms. The molecule has 4 aliphatic carbocycles. The first-order valence-electron chi connectivity index (χ1n) is 10.5. The highest BCUT2D eigenvalue weighted by molar-refractivity contribution is 5.13. The molecule has 24 heavy (non-hydrogen) atoms. The predicted molar refractivity (Wildman–Crippen MR) is 92.1 cm³/mol. The maximum atomic E-state index is 10.8. The fourth-order valence-corrected chi connectivity index (χ4v) is 8.59. The van der Waals surface area contributed by atoms with Crippen LogP contribution in [0.25, 0.3) is 0 Å². The highest BCUT2D eigenvalue weighted by Gasteiger charge is 2.67. The Kier molecular flexibility index (Phi) is 3.49. The molecule has 1 saturated heterocycles. The van der Waals surface area contributed by atoms with Crippen molar-refractivity contribution in [3.63, 3.8) is 0 Å². The third-order valence-corrected chi connectivity index (χ3v) is 9.66. The van der Waals surface area contributed by atoms with Crippen molar-refractivity contribution in [2.45, 2.75) is 90.1 Å². The second-order valence-electron chi connectivity index (χ2n) is 10.1. The third kappa shape index (κ3) is 1.85. The summed E-state index contributed by atoms with van der Waals surface area (Å²) in [5, 5.41) is 21.0. The Balaban J connectivity index is 1.47. The zero-order chi connectivity index (χ0) is 16.7. The number of aliphatic hydroxyl groups is 2. The second kappa shape index (κ2) is 5.20.